The summed E-state index contributed by atoms with van der Waals surface area (Å²) in [5.41, 5.74) is -1.80. The molecule has 98 valence electrons. The summed E-state index contributed by atoms with van der Waals surface area (Å²) in [5.74, 6) is 0. The minimum atomic E-state index is -1.66. The van der Waals surface area contributed by atoms with Crippen molar-refractivity contribution >= 4 is 5.69 Å². The summed E-state index contributed by atoms with van der Waals surface area (Å²) < 4.78 is 21.7. The SMILES string of the molecule is Cn1ncc([N+](=O)[O-])c1C1(F)CC[C@H]2O[C@@H]2CC1. The van der Waals surface area contributed by atoms with Crippen LogP contribution in [0.1, 0.15) is 31.4 Å². The molecule has 7 heteroatoms. The zero-order valence-corrected chi connectivity index (χ0v) is 10.0. The van der Waals surface area contributed by atoms with E-state index in [0.717, 1.165) is 6.20 Å². The number of fused-ring (bicyclic) bond motifs is 1. The van der Waals surface area contributed by atoms with Crippen molar-refractivity contribution in [1.82, 2.24) is 9.78 Å². The number of epoxide rings is 1. The maximum atomic E-state index is 15.1. The predicted molar refractivity (Wildman–Crippen MR) is 59.8 cm³/mol. The molecular weight excluding hydrogens is 241 g/mol. The van der Waals surface area contributed by atoms with E-state index in [9.17, 15) is 10.1 Å². The third kappa shape index (κ3) is 1.69. The van der Waals surface area contributed by atoms with Crippen LogP contribution in [-0.2, 0) is 17.5 Å². The highest BCUT2D eigenvalue weighted by atomic mass is 19.1. The third-order valence-electron chi connectivity index (χ3n) is 3.88. The molecule has 2 aliphatic rings. The maximum Gasteiger partial charge on any atom is 0.313 e. The highest BCUT2D eigenvalue weighted by molar-refractivity contribution is 5.38. The van der Waals surface area contributed by atoms with Gasteiger partial charge < -0.3 is 4.74 Å². The maximum absolute atomic E-state index is 15.1. The van der Waals surface area contributed by atoms with Crippen LogP contribution in [0.4, 0.5) is 10.1 Å². The fourth-order valence-corrected chi connectivity index (χ4v) is 2.87. The second-order valence-electron chi connectivity index (χ2n) is 5.01. The van der Waals surface area contributed by atoms with Crippen LogP contribution in [0.2, 0.25) is 0 Å². The van der Waals surface area contributed by atoms with Gasteiger partial charge in [0.05, 0.1) is 17.1 Å². The van der Waals surface area contributed by atoms with Crippen molar-refractivity contribution in [2.24, 2.45) is 7.05 Å². The molecule has 2 fully saturated rings. The van der Waals surface area contributed by atoms with Crippen LogP contribution >= 0.6 is 0 Å². The molecule has 18 heavy (non-hydrogen) atoms. The lowest BCUT2D eigenvalue weighted by atomic mass is 9.91. The molecule has 3 rings (SSSR count). The standard InChI is InChI=1S/C11H14FN3O3/c1-14-10(7(6-13-14)15(16)17)11(12)4-2-8-9(18-8)3-5-11/h6,8-9H,2-5H2,1H3/t8-,9-/m1/s1. The van der Waals surface area contributed by atoms with E-state index in [2.05, 4.69) is 5.10 Å². The minimum Gasteiger partial charge on any atom is -0.370 e. The van der Waals surface area contributed by atoms with Crippen LogP contribution < -0.4 is 0 Å². The molecule has 0 radical (unpaired) electrons. The van der Waals surface area contributed by atoms with Gasteiger partial charge in [-0.2, -0.15) is 5.10 Å². The van der Waals surface area contributed by atoms with E-state index >= 15 is 4.39 Å². The molecule has 0 N–H and O–H groups in total. The average molecular weight is 255 g/mol. The summed E-state index contributed by atoms with van der Waals surface area (Å²) in [5, 5.41) is 14.8. The Balaban J connectivity index is 1.97. The molecule has 0 bridgehead atoms. The number of hydrogen-bond donors (Lipinski definition) is 0. The first kappa shape index (κ1) is 11.6. The lowest BCUT2D eigenvalue weighted by Gasteiger charge is -2.23. The fourth-order valence-electron chi connectivity index (χ4n) is 2.87. The Morgan fingerprint density at radius 1 is 1.56 bits per heavy atom. The number of ether oxygens (including phenoxy) is 1. The largest absolute Gasteiger partial charge is 0.370 e. The van der Waals surface area contributed by atoms with E-state index in [1.165, 1.54) is 4.68 Å². The van der Waals surface area contributed by atoms with Crippen LogP contribution in [-0.4, -0.2) is 26.9 Å². The Morgan fingerprint density at radius 3 is 2.72 bits per heavy atom. The second kappa shape index (κ2) is 3.74. The summed E-state index contributed by atoms with van der Waals surface area (Å²) >= 11 is 0. The number of halogens is 1. The number of nitro groups is 1. The molecule has 1 aromatic rings. The van der Waals surface area contributed by atoms with Gasteiger partial charge in [-0.25, -0.2) is 4.39 Å². The number of hydrogen-bond acceptors (Lipinski definition) is 4. The van der Waals surface area contributed by atoms with Crippen molar-refractivity contribution in [2.75, 3.05) is 0 Å². The van der Waals surface area contributed by atoms with E-state index in [1.807, 2.05) is 0 Å². The van der Waals surface area contributed by atoms with Gasteiger partial charge in [0.2, 0.25) is 0 Å². The lowest BCUT2D eigenvalue weighted by Crippen LogP contribution is -2.24. The average Bonchev–Trinajstić information content (AvgIpc) is 2.98. The molecule has 2 heterocycles. The smallest absolute Gasteiger partial charge is 0.313 e. The highest BCUT2D eigenvalue weighted by Crippen LogP contribution is 2.47. The van der Waals surface area contributed by atoms with Crippen LogP contribution in [0.3, 0.4) is 0 Å². The fraction of sp³-hybridized carbons (Fsp3) is 0.727. The number of rotatable bonds is 2. The predicted octanol–water partition coefficient (Wildman–Crippen LogP) is 1.83. The van der Waals surface area contributed by atoms with Gasteiger partial charge in [0.25, 0.3) is 0 Å². The third-order valence-corrected chi connectivity index (χ3v) is 3.88. The Morgan fingerprint density at radius 2 is 2.17 bits per heavy atom. The summed E-state index contributed by atoms with van der Waals surface area (Å²) in [6, 6.07) is 0. The zero-order valence-electron chi connectivity index (χ0n) is 10.0. The van der Waals surface area contributed by atoms with E-state index in [1.54, 1.807) is 7.05 Å². The zero-order chi connectivity index (χ0) is 12.9. The molecule has 6 nitrogen and oxygen atoms in total. The van der Waals surface area contributed by atoms with E-state index < -0.39 is 10.6 Å². The second-order valence-corrected chi connectivity index (χ2v) is 5.01. The van der Waals surface area contributed by atoms with Crippen LogP contribution in [0.15, 0.2) is 6.20 Å². The summed E-state index contributed by atoms with van der Waals surface area (Å²) in [7, 11) is 1.55. The molecule has 1 aliphatic carbocycles. The molecule has 2 atom stereocenters. The van der Waals surface area contributed by atoms with Gasteiger partial charge in [0.15, 0.2) is 11.4 Å². The molecule has 1 aromatic heterocycles. The van der Waals surface area contributed by atoms with E-state index in [4.69, 9.17) is 4.74 Å². The summed E-state index contributed by atoms with van der Waals surface area (Å²) in [6.45, 7) is 0. The Kier molecular flexibility index (Phi) is 2.41. The van der Waals surface area contributed by atoms with Gasteiger partial charge in [0, 0.05) is 7.05 Å². The van der Waals surface area contributed by atoms with Crippen molar-refractivity contribution in [3.05, 3.63) is 22.0 Å². The summed E-state index contributed by atoms with van der Waals surface area (Å²) in [6.07, 6.45) is 3.17. The number of nitrogens with zero attached hydrogens (tertiary/aromatic N) is 3. The van der Waals surface area contributed by atoms with Crippen LogP contribution in [0, 0.1) is 10.1 Å². The van der Waals surface area contributed by atoms with Gasteiger partial charge in [0.1, 0.15) is 6.20 Å². The molecule has 0 amide bonds. The van der Waals surface area contributed by atoms with Gasteiger partial charge in [-0.3, -0.25) is 14.8 Å². The van der Waals surface area contributed by atoms with Gasteiger partial charge in [-0.05, 0) is 25.7 Å². The van der Waals surface area contributed by atoms with E-state index in [-0.39, 0.29) is 36.4 Å². The van der Waals surface area contributed by atoms with Gasteiger partial charge in [-0.1, -0.05) is 0 Å². The monoisotopic (exact) mass is 255 g/mol. The summed E-state index contributed by atoms with van der Waals surface area (Å²) in [4.78, 5) is 10.4. The first-order valence-electron chi connectivity index (χ1n) is 6.02. The van der Waals surface area contributed by atoms with E-state index in [0.29, 0.717) is 12.8 Å². The number of aromatic nitrogens is 2. The minimum absolute atomic E-state index is 0.0915. The highest BCUT2D eigenvalue weighted by Gasteiger charge is 2.50. The van der Waals surface area contributed by atoms with Crippen LogP contribution in [0.25, 0.3) is 0 Å². The molecule has 0 aromatic carbocycles. The Bertz CT molecular complexity index is 490. The normalized spacial score (nSPS) is 29.4. The van der Waals surface area contributed by atoms with Crippen molar-refractivity contribution in [3.8, 4) is 0 Å². The van der Waals surface area contributed by atoms with Crippen molar-refractivity contribution in [3.63, 3.8) is 0 Å². The lowest BCUT2D eigenvalue weighted by molar-refractivity contribution is -0.386. The molecule has 1 saturated carbocycles. The number of alkyl halides is 1. The quantitative estimate of drug-likeness (QED) is 0.459. The molecule has 1 saturated heterocycles. The number of aryl methyl sites for hydroxylation is 1. The van der Waals surface area contributed by atoms with Gasteiger partial charge >= 0.3 is 5.69 Å². The molecule has 0 spiro atoms. The molecular formula is C11H14FN3O3. The van der Waals surface area contributed by atoms with Crippen molar-refractivity contribution < 1.29 is 14.1 Å². The first-order chi connectivity index (χ1) is 8.51. The van der Waals surface area contributed by atoms with Crippen molar-refractivity contribution in [1.29, 1.82) is 0 Å². The topological polar surface area (TPSA) is 73.5 Å². The Labute approximate surface area is 103 Å². The molecule has 0 unspecified atom stereocenters. The Hall–Kier alpha value is -1.50. The van der Waals surface area contributed by atoms with Crippen LogP contribution in [0.5, 0.6) is 0 Å². The molecule has 1 aliphatic heterocycles. The first-order valence-corrected chi connectivity index (χ1v) is 6.02. The van der Waals surface area contributed by atoms with Crippen molar-refractivity contribution in [2.45, 2.75) is 43.6 Å². The van der Waals surface area contributed by atoms with Gasteiger partial charge in [-0.15, -0.1) is 0 Å².